The van der Waals surface area contributed by atoms with Gasteiger partial charge in [0.15, 0.2) is 0 Å². The van der Waals surface area contributed by atoms with Crippen LogP contribution in [0, 0.1) is 0 Å². The normalized spacial score (nSPS) is 20.4. The lowest BCUT2D eigenvalue weighted by atomic mass is 9.72. The molecular weight excluding hydrogens is 202 g/mol. The summed E-state index contributed by atoms with van der Waals surface area (Å²) in [4.78, 5) is 0. The van der Waals surface area contributed by atoms with E-state index in [1.807, 2.05) is 19.4 Å². The molecule has 0 radical (unpaired) electrons. The first-order valence-corrected chi connectivity index (χ1v) is 6.13. The smallest absolute Gasteiger partial charge is 0.0951 e. The summed E-state index contributed by atoms with van der Waals surface area (Å²) >= 11 is 0. The zero-order valence-electron chi connectivity index (χ0n) is 10.2. The lowest BCUT2D eigenvalue weighted by molar-refractivity contribution is -0.0998. The Hall–Kier alpha value is -0.800. The topological polar surface area (TPSA) is 34.4 Å². The summed E-state index contributed by atoms with van der Waals surface area (Å²) in [5.74, 6) is 0. The predicted molar refractivity (Wildman–Crippen MR) is 63.3 cm³/mol. The Bertz CT molecular complexity index is 298. The molecule has 16 heavy (non-hydrogen) atoms. The first-order valence-electron chi connectivity index (χ1n) is 6.13. The van der Waals surface area contributed by atoms with Crippen molar-refractivity contribution >= 4 is 0 Å². The molecule has 1 saturated carbocycles. The van der Waals surface area contributed by atoms with E-state index in [1.54, 1.807) is 6.26 Å². The van der Waals surface area contributed by atoms with E-state index in [-0.39, 0.29) is 11.6 Å². The number of furan rings is 1. The molecule has 1 heterocycles. The molecule has 1 aromatic heterocycles. The zero-order chi connectivity index (χ0) is 11.4. The molecule has 90 valence electrons. The van der Waals surface area contributed by atoms with Crippen molar-refractivity contribution in [1.82, 2.24) is 5.32 Å². The van der Waals surface area contributed by atoms with Crippen LogP contribution in [0.3, 0.4) is 0 Å². The van der Waals surface area contributed by atoms with Gasteiger partial charge in [-0.25, -0.2) is 0 Å². The van der Waals surface area contributed by atoms with Crippen molar-refractivity contribution in [3.8, 4) is 0 Å². The Labute approximate surface area is 97.2 Å². The van der Waals surface area contributed by atoms with Crippen LogP contribution in [0.5, 0.6) is 0 Å². The number of ether oxygens (including phenoxy) is 1. The van der Waals surface area contributed by atoms with E-state index in [0.29, 0.717) is 0 Å². The van der Waals surface area contributed by atoms with E-state index in [0.717, 1.165) is 25.8 Å². The van der Waals surface area contributed by atoms with Gasteiger partial charge in [-0.2, -0.15) is 0 Å². The molecule has 0 bridgehead atoms. The van der Waals surface area contributed by atoms with Crippen molar-refractivity contribution < 1.29 is 9.15 Å². The molecule has 0 aliphatic heterocycles. The molecule has 3 heteroatoms. The highest BCUT2D eigenvalue weighted by Crippen LogP contribution is 2.44. The molecule has 1 N–H and O–H groups in total. The van der Waals surface area contributed by atoms with Gasteiger partial charge >= 0.3 is 0 Å². The lowest BCUT2D eigenvalue weighted by Crippen LogP contribution is -2.50. The summed E-state index contributed by atoms with van der Waals surface area (Å²) in [7, 11) is 1.82. The van der Waals surface area contributed by atoms with Crippen LogP contribution in [-0.4, -0.2) is 19.3 Å². The summed E-state index contributed by atoms with van der Waals surface area (Å²) in [6.45, 7) is 3.20. The zero-order valence-corrected chi connectivity index (χ0v) is 10.2. The van der Waals surface area contributed by atoms with Gasteiger partial charge in [-0.05, 0) is 38.3 Å². The molecular formula is C13H21NO2. The van der Waals surface area contributed by atoms with Gasteiger partial charge in [0.2, 0.25) is 0 Å². The molecule has 1 aliphatic carbocycles. The molecule has 1 fully saturated rings. The van der Waals surface area contributed by atoms with E-state index >= 15 is 0 Å². The van der Waals surface area contributed by atoms with Crippen molar-refractivity contribution in [1.29, 1.82) is 0 Å². The second-order valence-electron chi connectivity index (χ2n) is 4.57. The van der Waals surface area contributed by atoms with Crippen LogP contribution in [0.2, 0.25) is 0 Å². The molecule has 0 aromatic carbocycles. The average molecular weight is 223 g/mol. The van der Waals surface area contributed by atoms with Crippen LogP contribution >= 0.6 is 0 Å². The molecule has 1 aliphatic rings. The minimum Gasteiger partial charge on any atom is -0.472 e. The molecule has 3 nitrogen and oxygen atoms in total. The second kappa shape index (κ2) is 5.02. The van der Waals surface area contributed by atoms with Crippen molar-refractivity contribution in [3.63, 3.8) is 0 Å². The quantitative estimate of drug-likeness (QED) is 0.805. The number of hydrogen-bond donors (Lipinski definition) is 1. The third kappa shape index (κ3) is 2.02. The summed E-state index contributed by atoms with van der Waals surface area (Å²) in [6.07, 6.45) is 8.22. The third-order valence-electron chi connectivity index (χ3n) is 3.61. The van der Waals surface area contributed by atoms with Crippen molar-refractivity contribution in [2.75, 3.05) is 13.7 Å². The maximum Gasteiger partial charge on any atom is 0.0951 e. The monoisotopic (exact) mass is 223 g/mol. The van der Waals surface area contributed by atoms with Gasteiger partial charge in [0.25, 0.3) is 0 Å². The van der Waals surface area contributed by atoms with E-state index in [1.165, 1.54) is 12.0 Å². The number of methoxy groups -OCH3 is 1. The van der Waals surface area contributed by atoms with Gasteiger partial charge in [0, 0.05) is 12.7 Å². The highest BCUT2D eigenvalue weighted by molar-refractivity contribution is 5.19. The first-order chi connectivity index (χ1) is 7.82. The minimum atomic E-state index is -0.0148. The van der Waals surface area contributed by atoms with Crippen LogP contribution in [-0.2, 0) is 4.74 Å². The van der Waals surface area contributed by atoms with Crippen molar-refractivity contribution in [3.05, 3.63) is 24.2 Å². The first kappa shape index (κ1) is 11.7. The van der Waals surface area contributed by atoms with Crippen molar-refractivity contribution in [2.24, 2.45) is 0 Å². The number of nitrogens with one attached hydrogen (secondary N) is 1. The highest BCUT2D eigenvalue weighted by atomic mass is 16.5. The molecule has 1 unspecified atom stereocenters. The molecule has 1 aromatic rings. The highest BCUT2D eigenvalue weighted by Gasteiger charge is 2.45. The number of hydrogen-bond acceptors (Lipinski definition) is 3. The Morgan fingerprint density at radius 3 is 2.81 bits per heavy atom. The summed E-state index contributed by atoms with van der Waals surface area (Å²) in [5, 5.41) is 3.58. The Kier molecular flexibility index (Phi) is 3.66. The van der Waals surface area contributed by atoms with Crippen LogP contribution in [0.15, 0.2) is 23.0 Å². The second-order valence-corrected chi connectivity index (χ2v) is 4.57. The van der Waals surface area contributed by atoms with Gasteiger partial charge in [-0.3, -0.25) is 0 Å². The number of rotatable bonds is 6. The van der Waals surface area contributed by atoms with E-state index in [2.05, 4.69) is 12.2 Å². The van der Waals surface area contributed by atoms with Gasteiger partial charge in [0.05, 0.1) is 24.2 Å². The maximum atomic E-state index is 5.75. The summed E-state index contributed by atoms with van der Waals surface area (Å²) in [5.41, 5.74) is 1.19. The standard InChI is InChI=1S/C13H21NO2/c1-3-8-14-12(11-5-9-16-10-11)13(15-2)6-4-7-13/h5,9-10,12,14H,3-4,6-8H2,1-2H3. The lowest BCUT2D eigenvalue weighted by Gasteiger charge is -2.46. The maximum absolute atomic E-state index is 5.75. The van der Waals surface area contributed by atoms with Gasteiger partial charge in [0.1, 0.15) is 0 Å². The largest absolute Gasteiger partial charge is 0.472 e. The fourth-order valence-electron chi connectivity index (χ4n) is 2.47. The van der Waals surface area contributed by atoms with E-state index < -0.39 is 0 Å². The van der Waals surface area contributed by atoms with Gasteiger partial charge in [-0.15, -0.1) is 0 Å². The van der Waals surface area contributed by atoms with E-state index in [9.17, 15) is 0 Å². The van der Waals surface area contributed by atoms with Crippen LogP contribution in [0.25, 0.3) is 0 Å². The van der Waals surface area contributed by atoms with Crippen LogP contribution in [0.4, 0.5) is 0 Å². The molecule has 0 spiro atoms. The fraction of sp³-hybridized carbons (Fsp3) is 0.692. The van der Waals surface area contributed by atoms with Crippen molar-refractivity contribution in [2.45, 2.75) is 44.2 Å². The summed E-state index contributed by atoms with van der Waals surface area (Å²) < 4.78 is 10.9. The molecule has 0 saturated heterocycles. The molecule has 0 amide bonds. The third-order valence-corrected chi connectivity index (χ3v) is 3.61. The molecule has 2 rings (SSSR count). The van der Waals surface area contributed by atoms with Crippen LogP contribution in [0.1, 0.15) is 44.2 Å². The van der Waals surface area contributed by atoms with E-state index in [4.69, 9.17) is 9.15 Å². The van der Waals surface area contributed by atoms with Gasteiger partial charge < -0.3 is 14.5 Å². The SMILES string of the molecule is CCCNC(c1ccoc1)C1(OC)CCC1. The van der Waals surface area contributed by atoms with Crippen LogP contribution < -0.4 is 5.32 Å². The minimum absolute atomic E-state index is 0.0148. The average Bonchev–Trinajstić information content (AvgIpc) is 2.75. The predicted octanol–water partition coefficient (Wildman–Crippen LogP) is 2.89. The van der Waals surface area contributed by atoms with Gasteiger partial charge in [-0.1, -0.05) is 6.92 Å². The summed E-state index contributed by atoms with van der Waals surface area (Å²) in [6, 6.07) is 2.30. The Morgan fingerprint density at radius 2 is 2.38 bits per heavy atom. The Morgan fingerprint density at radius 1 is 1.56 bits per heavy atom. The molecule has 1 atom stereocenters. The fourth-order valence-corrected chi connectivity index (χ4v) is 2.47. The Balaban J connectivity index is 2.14.